The summed E-state index contributed by atoms with van der Waals surface area (Å²) in [7, 11) is 0. The molecule has 2 atom stereocenters. The minimum atomic E-state index is -0.550. The number of carbonyl (C=O) groups is 2. The Hall–Kier alpha value is -2.34. The van der Waals surface area contributed by atoms with E-state index in [0.717, 1.165) is 25.2 Å². The van der Waals surface area contributed by atoms with E-state index in [1.54, 1.807) is 12.1 Å². The third kappa shape index (κ3) is 11.6. The molecule has 222 valence electrons. The van der Waals surface area contributed by atoms with Crippen LogP contribution in [0.2, 0.25) is 10.0 Å². The van der Waals surface area contributed by atoms with Gasteiger partial charge in [0.15, 0.2) is 0 Å². The van der Waals surface area contributed by atoms with E-state index in [2.05, 4.69) is 54.0 Å². The molecule has 4 rings (SSSR count). The topological polar surface area (TPSA) is 94.7 Å². The summed E-state index contributed by atoms with van der Waals surface area (Å²) in [5.74, 6) is -1.17. The SMILES string of the molecule is CC(C)(C)C.O=CNCCN1CCNOC1.O=CNc1cc(Cl)c(F)cc1[C@@H]1CNC[C@@H]1c1ccc(F)c(Cl)c1. The molecule has 0 radical (unpaired) electrons. The Bertz CT molecular complexity index is 1090. The fourth-order valence-corrected chi connectivity index (χ4v) is 4.44. The molecule has 0 saturated carbocycles. The van der Waals surface area contributed by atoms with Crippen LogP contribution in [0.1, 0.15) is 50.7 Å². The van der Waals surface area contributed by atoms with Crippen molar-refractivity contribution in [3.8, 4) is 0 Å². The summed E-state index contributed by atoms with van der Waals surface area (Å²) in [6.07, 6.45) is 1.24. The molecule has 2 aliphatic heterocycles. The summed E-state index contributed by atoms with van der Waals surface area (Å²) in [6.45, 7) is 13.9. The minimum absolute atomic E-state index is 0.0316. The predicted octanol–water partition coefficient (Wildman–Crippen LogP) is 4.89. The second kappa shape index (κ2) is 16.8. The molecule has 12 heteroatoms. The molecule has 2 saturated heterocycles. The highest BCUT2D eigenvalue weighted by Gasteiger charge is 2.32. The Morgan fingerprint density at radius 2 is 1.70 bits per heavy atom. The standard InChI is InChI=1S/C17H14Cl2F2N2O.C6H13N3O2.C5H12/c18-13-3-9(1-2-15(13)20)11-6-22-7-12(11)10-4-16(21)14(19)5-17(10)23-8-24;10-5-7-1-3-9-4-2-8-11-6-9;1-5(2,3)4/h1-5,8,11-12,22H,6-7H2,(H,23,24);5,8H,1-4,6H2,(H,7,10);1-4H3/t11-,12+;;/m1../s1. The summed E-state index contributed by atoms with van der Waals surface area (Å²) in [6, 6.07) is 7.31. The van der Waals surface area contributed by atoms with E-state index in [1.807, 2.05) is 0 Å². The van der Waals surface area contributed by atoms with Gasteiger partial charge in [-0.15, -0.1) is 0 Å². The van der Waals surface area contributed by atoms with Gasteiger partial charge in [0, 0.05) is 56.8 Å². The first-order valence-corrected chi connectivity index (χ1v) is 13.8. The van der Waals surface area contributed by atoms with Gasteiger partial charge < -0.3 is 16.0 Å². The highest BCUT2D eigenvalue weighted by atomic mass is 35.5. The molecular formula is C28H39Cl2F2N5O3. The number of nitrogens with zero attached hydrogens (tertiary/aromatic N) is 1. The van der Waals surface area contributed by atoms with E-state index in [-0.39, 0.29) is 21.9 Å². The van der Waals surface area contributed by atoms with Crippen LogP contribution in [0, 0.1) is 17.0 Å². The smallest absolute Gasteiger partial charge is 0.211 e. The number of hydrogen-bond donors (Lipinski definition) is 4. The zero-order chi connectivity index (χ0) is 29.7. The first-order chi connectivity index (χ1) is 18.9. The van der Waals surface area contributed by atoms with Crippen molar-refractivity contribution in [1.29, 1.82) is 0 Å². The monoisotopic (exact) mass is 601 g/mol. The fourth-order valence-electron chi connectivity index (χ4n) is 4.09. The Morgan fingerprint density at radius 1 is 1.02 bits per heavy atom. The maximum atomic E-state index is 14.0. The quantitative estimate of drug-likeness (QED) is 0.254. The van der Waals surface area contributed by atoms with Gasteiger partial charge in [0.05, 0.1) is 10.0 Å². The van der Waals surface area contributed by atoms with Gasteiger partial charge in [0.1, 0.15) is 18.4 Å². The zero-order valence-electron chi connectivity index (χ0n) is 23.3. The van der Waals surface area contributed by atoms with E-state index in [4.69, 9.17) is 28.0 Å². The van der Waals surface area contributed by atoms with Crippen molar-refractivity contribution >= 4 is 41.7 Å². The molecule has 2 aromatic carbocycles. The number of carbonyl (C=O) groups excluding carboxylic acids is 2. The first kappa shape index (κ1) is 33.9. The maximum absolute atomic E-state index is 14.0. The lowest BCUT2D eigenvalue weighted by molar-refractivity contribution is -0.110. The highest BCUT2D eigenvalue weighted by molar-refractivity contribution is 6.31. The van der Waals surface area contributed by atoms with Crippen molar-refractivity contribution in [2.24, 2.45) is 5.41 Å². The number of halogens is 4. The average Bonchev–Trinajstić information content (AvgIpc) is 3.38. The summed E-state index contributed by atoms with van der Waals surface area (Å²) in [4.78, 5) is 27.8. The van der Waals surface area contributed by atoms with Crippen LogP contribution in [-0.2, 0) is 14.4 Å². The molecular weight excluding hydrogens is 563 g/mol. The molecule has 2 heterocycles. The van der Waals surface area contributed by atoms with Gasteiger partial charge in [-0.2, -0.15) is 5.48 Å². The second-order valence-corrected chi connectivity index (χ2v) is 11.8. The number of rotatable bonds is 8. The molecule has 2 aliphatic rings. The van der Waals surface area contributed by atoms with Crippen molar-refractivity contribution < 1.29 is 23.2 Å². The van der Waals surface area contributed by atoms with Gasteiger partial charge in [-0.05, 0) is 40.8 Å². The molecule has 4 N–H and O–H groups in total. The van der Waals surface area contributed by atoms with Crippen LogP contribution in [0.5, 0.6) is 0 Å². The maximum Gasteiger partial charge on any atom is 0.211 e. The molecule has 8 nitrogen and oxygen atoms in total. The van der Waals surface area contributed by atoms with Crippen molar-refractivity contribution in [2.45, 2.75) is 39.5 Å². The Balaban J connectivity index is 0.000000290. The molecule has 0 unspecified atom stereocenters. The van der Waals surface area contributed by atoms with Crippen molar-refractivity contribution in [2.75, 3.05) is 51.3 Å². The minimum Gasteiger partial charge on any atom is -0.357 e. The van der Waals surface area contributed by atoms with Crippen LogP contribution in [0.25, 0.3) is 0 Å². The largest absolute Gasteiger partial charge is 0.357 e. The Morgan fingerprint density at radius 3 is 2.30 bits per heavy atom. The summed E-state index contributed by atoms with van der Waals surface area (Å²) in [5.41, 5.74) is 5.22. The van der Waals surface area contributed by atoms with Crippen LogP contribution in [0.4, 0.5) is 14.5 Å². The van der Waals surface area contributed by atoms with E-state index in [9.17, 15) is 18.4 Å². The molecule has 2 amide bonds. The second-order valence-electron chi connectivity index (χ2n) is 11.0. The van der Waals surface area contributed by atoms with Crippen LogP contribution >= 0.6 is 23.2 Å². The number of nitrogens with one attached hydrogen (secondary N) is 4. The normalized spacial score (nSPS) is 19.0. The molecule has 0 spiro atoms. The van der Waals surface area contributed by atoms with Crippen molar-refractivity contribution in [3.63, 3.8) is 0 Å². The summed E-state index contributed by atoms with van der Waals surface area (Å²) >= 11 is 11.7. The Kier molecular flexibility index (Phi) is 14.2. The highest BCUT2D eigenvalue weighted by Crippen LogP contribution is 2.41. The molecule has 0 aliphatic carbocycles. The van der Waals surface area contributed by atoms with Crippen molar-refractivity contribution in [1.82, 2.24) is 21.0 Å². The summed E-state index contributed by atoms with van der Waals surface area (Å²) in [5, 5.41) is 8.40. The molecule has 0 aromatic heterocycles. The van der Waals surface area contributed by atoms with Gasteiger partial charge in [-0.1, -0.05) is 57.0 Å². The van der Waals surface area contributed by atoms with E-state index in [0.29, 0.717) is 55.9 Å². The lowest BCUT2D eigenvalue weighted by Crippen LogP contribution is -2.44. The van der Waals surface area contributed by atoms with E-state index < -0.39 is 11.6 Å². The fraction of sp³-hybridized carbons (Fsp3) is 0.500. The lowest BCUT2D eigenvalue weighted by Gasteiger charge is -2.26. The predicted molar refractivity (Wildman–Crippen MR) is 156 cm³/mol. The third-order valence-corrected chi connectivity index (χ3v) is 6.41. The number of hydrogen-bond acceptors (Lipinski definition) is 6. The first-order valence-electron chi connectivity index (χ1n) is 13.0. The molecule has 2 aromatic rings. The van der Waals surface area contributed by atoms with Crippen LogP contribution in [0.3, 0.4) is 0 Å². The number of anilines is 1. The van der Waals surface area contributed by atoms with Gasteiger partial charge in [0.25, 0.3) is 0 Å². The van der Waals surface area contributed by atoms with Crippen LogP contribution < -0.4 is 21.4 Å². The lowest BCUT2D eigenvalue weighted by atomic mass is 9.83. The van der Waals surface area contributed by atoms with Gasteiger partial charge in [-0.25, -0.2) is 8.78 Å². The number of benzene rings is 2. The molecule has 40 heavy (non-hydrogen) atoms. The van der Waals surface area contributed by atoms with Crippen molar-refractivity contribution in [3.05, 3.63) is 63.1 Å². The average molecular weight is 603 g/mol. The third-order valence-electron chi connectivity index (χ3n) is 5.83. The number of hydroxylamine groups is 1. The van der Waals surface area contributed by atoms with Gasteiger partial charge in [-0.3, -0.25) is 19.3 Å². The molecule has 0 bridgehead atoms. The van der Waals surface area contributed by atoms with Gasteiger partial charge in [0.2, 0.25) is 12.8 Å². The van der Waals surface area contributed by atoms with Gasteiger partial charge >= 0.3 is 0 Å². The summed E-state index contributed by atoms with van der Waals surface area (Å²) < 4.78 is 27.4. The van der Waals surface area contributed by atoms with Crippen LogP contribution in [0.15, 0.2) is 30.3 Å². The van der Waals surface area contributed by atoms with E-state index >= 15 is 0 Å². The Labute approximate surface area is 245 Å². The van der Waals surface area contributed by atoms with E-state index in [1.165, 1.54) is 18.2 Å². The number of amides is 2. The zero-order valence-corrected chi connectivity index (χ0v) is 24.8. The molecule has 2 fully saturated rings. The van der Waals surface area contributed by atoms with Crippen LogP contribution in [-0.4, -0.2) is 63.7 Å².